The van der Waals surface area contributed by atoms with Gasteiger partial charge in [-0.3, -0.25) is 4.99 Å². The van der Waals surface area contributed by atoms with Gasteiger partial charge >= 0.3 is 0 Å². The largest absolute Gasteiger partial charge is 0.493 e. The average Bonchev–Trinajstić information content (AvgIpc) is 2.71. The van der Waals surface area contributed by atoms with Crippen molar-refractivity contribution in [3.63, 3.8) is 0 Å². The molecule has 158 valence electrons. The quantitative estimate of drug-likeness (QED) is 0.338. The summed E-state index contributed by atoms with van der Waals surface area (Å²) in [5, 5.41) is 7.11. The van der Waals surface area contributed by atoms with Crippen LogP contribution in [0.4, 0.5) is 0 Å². The summed E-state index contributed by atoms with van der Waals surface area (Å²) in [6.45, 7) is 10.5. The van der Waals surface area contributed by atoms with Gasteiger partial charge in [-0.15, -0.1) is 24.0 Å². The van der Waals surface area contributed by atoms with Gasteiger partial charge < -0.3 is 20.3 Å². The predicted molar refractivity (Wildman–Crippen MR) is 128 cm³/mol. The Kier molecular flexibility index (Phi) is 10.4. The van der Waals surface area contributed by atoms with E-state index in [0.29, 0.717) is 12.0 Å². The lowest BCUT2D eigenvalue weighted by Crippen LogP contribution is -2.49. The number of aliphatic imine (C=N–C) groups is 1. The molecule has 1 fully saturated rings. The number of para-hydroxylation sites is 1. The van der Waals surface area contributed by atoms with Crippen LogP contribution < -0.4 is 15.4 Å². The summed E-state index contributed by atoms with van der Waals surface area (Å²) in [6.07, 6.45) is 6.04. The zero-order valence-electron chi connectivity index (χ0n) is 17.5. The number of likely N-dealkylation sites (tertiary alicyclic amines) is 1. The maximum Gasteiger partial charge on any atom is 0.191 e. The van der Waals surface area contributed by atoms with Gasteiger partial charge in [-0.1, -0.05) is 31.5 Å². The van der Waals surface area contributed by atoms with Crippen LogP contribution in [0.3, 0.4) is 0 Å². The van der Waals surface area contributed by atoms with Gasteiger partial charge in [0, 0.05) is 38.1 Å². The highest BCUT2D eigenvalue weighted by Gasteiger charge is 2.22. The molecule has 0 bridgehead atoms. The molecule has 2 aliphatic heterocycles. The maximum absolute atomic E-state index is 5.78. The molecule has 2 N–H and O–H groups in total. The molecule has 0 aromatic heterocycles. The van der Waals surface area contributed by atoms with Gasteiger partial charge in [-0.25, -0.2) is 0 Å². The SMILES string of the molecule is CCCCN1CCC(NC(=NCC2CCOc3ccccc32)NCC)CC1.I. The highest BCUT2D eigenvalue weighted by molar-refractivity contribution is 14.0. The summed E-state index contributed by atoms with van der Waals surface area (Å²) < 4.78 is 5.78. The van der Waals surface area contributed by atoms with Crippen LogP contribution in [0, 0.1) is 0 Å². The fraction of sp³-hybridized carbons (Fsp3) is 0.682. The van der Waals surface area contributed by atoms with E-state index in [0.717, 1.165) is 37.8 Å². The van der Waals surface area contributed by atoms with Crippen molar-refractivity contribution < 1.29 is 4.74 Å². The van der Waals surface area contributed by atoms with Crippen molar-refractivity contribution in [3.8, 4) is 5.75 Å². The molecule has 5 nitrogen and oxygen atoms in total. The second kappa shape index (κ2) is 12.5. The van der Waals surface area contributed by atoms with Gasteiger partial charge in [0.15, 0.2) is 5.96 Å². The van der Waals surface area contributed by atoms with E-state index in [4.69, 9.17) is 9.73 Å². The molecular formula is C22H37IN4O. The van der Waals surface area contributed by atoms with Crippen molar-refractivity contribution in [2.75, 3.05) is 39.3 Å². The Labute approximate surface area is 187 Å². The van der Waals surface area contributed by atoms with Crippen molar-refractivity contribution in [1.82, 2.24) is 15.5 Å². The number of nitrogens with one attached hydrogen (secondary N) is 2. The van der Waals surface area contributed by atoms with Gasteiger partial charge in [-0.05, 0) is 50.8 Å². The number of unbranched alkanes of at least 4 members (excludes halogenated alkanes) is 1. The van der Waals surface area contributed by atoms with Crippen molar-refractivity contribution in [2.24, 2.45) is 4.99 Å². The van der Waals surface area contributed by atoms with Gasteiger partial charge in [0.2, 0.25) is 0 Å². The Morgan fingerprint density at radius 2 is 1.96 bits per heavy atom. The molecule has 1 unspecified atom stereocenters. The fourth-order valence-corrected chi connectivity index (χ4v) is 4.00. The van der Waals surface area contributed by atoms with Gasteiger partial charge in [0.25, 0.3) is 0 Å². The van der Waals surface area contributed by atoms with E-state index in [1.807, 2.05) is 6.07 Å². The smallest absolute Gasteiger partial charge is 0.191 e. The van der Waals surface area contributed by atoms with Crippen LogP contribution in [-0.2, 0) is 0 Å². The highest BCUT2D eigenvalue weighted by atomic mass is 127. The van der Waals surface area contributed by atoms with Gasteiger partial charge in [0.1, 0.15) is 5.75 Å². The normalized spacial score (nSPS) is 20.6. The second-order valence-electron chi connectivity index (χ2n) is 7.71. The predicted octanol–water partition coefficient (Wildman–Crippen LogP) is 3.99. The Balaban J connectivity index is 0.00000280. The lowest BCUT2D eigenvalue weighted by atomic mass is 9.93. The zero-order chi connectivity index (χ0) is 18.9. The number of hydrogen-bond acceptors (Lipinski definition) is 3. The topological polar surface area (TPSA) is 48.9 Å². The summed E-state index contributed by atoms with van der Waals surface area (Å²) in [6, 6.07) is 8.92. The van der Waals surface area contributed by atoms with Crippen LogP contribution in [0.5, 0.6) is 5.75 Å². The third-order valence-corrected chi connectivity index (χ3v) is 5.65. The average molecular weight is 500 g/mol. The Bertz CT molecular complexity index is 602. The molecule has 0 saturated carbocycles. The molecule has 3 rings (SSSR count). The molecule has 0 aliphatic carbocycles. The summed E-state index contributed by atoms with van der Waals surface area (Å²) in [5.74, 6) is 2.44. The third-order valence-electron chi connectivity index (χ3n) is 5.65. The second-order valence-corrected chi connectivity index (χ2v) is 7.71. The number of nitrogens with zero attached hydrogens (tertiary/aromatic N) is 2. The zero-order valence-corrected chi connectivity index (χ0v) is 19.8. The minimum Gasteiger partial charge on any atom is -0.493 e. The maximum atomic E-state index is 5.78. The van der Waals surface area contributed by atoms with E-state index in [9.17, 15) is 0 Å². The molecule has 0 amide bonds. The highest BCUT2D eigenvalue weighted by Crippen LogP contribution is 2.33. The first kappa shape index (κ1) is 23.3. The molecule has 1 atom stereocenters. The van der Waals surface area contributed by atoms with Gasteiger partial charge in [-0.2, -0.15) is 0 Å². The first-order chi connectivity index (χ1) is 13.3. The van der Waals surface area contributed by atoms with E-state index >= 15 is 0 Å². The van der Waals surface area contributed by atoms with Crippen molar-refractivity contribution in [3.05, 3.63) is 29.8 Å². The van der Waals surface area contributed by atoms with Gasteiger partial charge in [0.05, 0.1) is 6.61 Å². The number of benzene rings is 1. The van der Waals surface area contributed by atoms with Crippen LogP contribution in [0.1, 0.15) is 57.4 Å². The first-order valence-corrected chi connectivity index (χ1v) is 10.8. The van der Waals surface area contributed by atoms with E-state index < -0.39 is 0 Å². The minimum atomic E-state index is 0. The standard InChI is InChI=1S/C22H36N4O.HI/c1-3-5-13-26-14-10-19(11-15-26)25-22(23-4-2)24-17-18-12-16-27-21-9-7-6-8-20(18)21;/h6-9,18-19H,3-5,10-17H2,1-2H3,(H2,23,24,25);1H. The molecule has 2 heterocycles. The monoisotopic (exact) mass is 500 g/mol. The van der Waals surface area contributed by atoms with Crippen molar-refractivity contribution in [2.45, 2.75) is 57.9 Å². The summed E-state index contributed by atoms with van der Waals surface area (Å²) in [7, 11) is 0. The molecule has 1 saturated heterocycles. The number of piperidine rings is 1. The summed E-state index contributed by atoms with van der Waals surface area (Å²) >= 11 is 0. The molecule has 0 radical (unpaired) electrons. The Morgan fingerprint density at radius 3 is 2.71 bits per heavy atom. The number of halogens is 1. The Hall–Kier alpha value is -1.02. The van der Waals surface area contributed by atoms with E-state index in [1.54, 1.807) is 0 Å². The molecule has 1 aromatic carbocycles. The number of guanidine groups is 1. The van der Waals surface area contributed by atoms with Crippen LogP contribution in [0.25, 0.3) is 0 Å². The van der Waals surface area contributed by atoms with E-state index in [2.05, 4.69) is 47.6 Å². The van der Waals surface area contributed by atoms with E-state index in [1.165, 1.54) is 50.9 Å². The number of hydrogen-bond donors (Lipinski definition) is 2. The van der Waals surface area contributed by atoms with Crippen LogP contribution in [0.15, 0.2) is 29.3 Å². The van der Waals surface area contributed by atoms with Crippen LogP contribution >= 0.6 is 24.0 Å². The van der Waals surface area contributed by atoms with E-state index in [-0.39, 0.29) is 24.0 Å². The van der Waals surface area contributed by atoms with Crippen molar-refractivity contribution >= 4 is 29.9 Å². The molecule has 28 heavy (non-hydrogen) atoms. The number of rotatable bonds is 7. The third kappa shape index (κ3) is 6.79. The van der Waals surface area contributed by atoms with Crippen LogP contribution in [-0.4, -0.2) is 56.2 Å². The summed E-state index contributed by atoms with van der Waals surface area (Å²) in [4.78, 5) is 7.53. The Morgan fingerprint density at radius 1 is 1.18 bits per heavy atom. The lowest BCUT2D eigenvalue weighted by Gasteiger charge is -2.33. The first-order valence-electron chi connectivity index (χ1n) is 10.8. The van der Waals surface area contributed by atoms with Crippen LogP contribution in [0.2, 0.25) is 0 Å². The summed E-state index contributed by atoms with van der Waals surface area (Å²) in [5.41, 5.74) is 1.30. The number of fused-ring (bicyclic) bond motifs is 1. The number of ether oxygens (including phenoxy) is 1. The molecule has 2 aliphatic rings. The minimum absolute atomic E-state index is 0. The lowest BCUT2D eigenvalue weighted by molar-refractivity contribution is 0.203. The molecule has 0 spiro atoms. The molecule has 1 aromatic rings. The fourth-order valence-electron chi connectivity index (χ4n) is 4.00. The van der Waals surface area contributed by atoms with Crippen molar-refractivity contribution in [1.29, 1.82) is 0 Å². The molecule has 6 heteroatoms. The molecular weight excluding hydrogens is 463 g/mol.